The summed E-state index contributed by atoms with van der Waals surface area (Å²) in [6.07, 6.45) is 2.81. The van der Waals surface area contributed by atoms with Crippen LogP contribution in [0, 0.1) is 0 Å². The first-order valence-electron chi connectivity index (χ1n) is 6.05. The van der Waals surface area contributed by atoms with Gasteiger partial charge in [0, 0.05) is 30.3 Å². The van der Waals surface area contributed by atoms with Crippen LogP contribution in [0.25, 0.3) is 0 Å². The van der Waals surface area contributed by atoms with E-state index in [1.165, 1.54) is 0 Å². The molecule has 0 radical (unpaired) electrons. The Morgan fingerprint density at radius 1 is 1.72 bits per heavy atom. The summed E-state index contributed by atoms with van der Waals surface area (Å²) in [4.78, 5) is 6.48. The zero-order chi connectivity index (χ0) is 13.0. The van der Waals surface area contributed by atoms with Crippen LogP contribution >= 0.6 is 11.8 Å². The van der Waals surface area contributed by atoms with Crippen LogP contribution in [0.2, 0.25) is 0 Å². The minimum absolute atomic E-state index is 0.0666. The fourth-order valence-electron chi connectivity index (χ4n) is 2.08. The Labute approximate surface area is 111 Å². The molecule has 1 saturated heterocycles. The molecule has 1 aromatic heterocycles. The van der Waals surface area contributed by atoms with Gasteiger partial charge >= 0.3 is 0 Å². The summed E-state index contributed by atoms with van der Waals surface area (Å²) >= 11 is 2.01. The summed E-state index contributed by atoms with van der Waals surface area (Å²) in [5, 5.41) is 12.5. The first kappa shape index (κ1) is 13.0. The van der Waals surface area contributed by atoms with Crippen LogP contribution in [0.15, 0.2) is 23.5 Å². The summed E-state index contributed by atoms with van der Waals surface area (Å²) in [6.45, 7) is 4.16. The maximum absolute atomic E-state index is 8.81. The fourth-order valence-corrected chi connectivity index (χ4v) is 3.26. The molecule has 0 bridgehead atoms. The van der Waals surface area contributed by atoms with Crippen molar-refractivity contribution in [1.29, 1.82) is 0 Å². The maximum atomic E-state index is 8.81. The van der Waals surface area contributed by atoms with E-state index in [4.69, 9.17) is 10.9 Å². The lowest BCUT2D eigenvalue weighted by Crippen LogP contribution is -2.39. The molecule has 2 heterocycles. The topological polar surface area (TPSA) is 74.7 Å². The number of amidine groups is 1. The second-order valence-electron chi connectivity index (χ2n) is 4.20. The van der Waals surface area contributed by atoms with Gasteiger partial charge in [0.2, 0.25) is 0 Å². The quantitative estimate of drug-likeness (QED) is 0.375. The maximum Gasteiger partial charge on any atom is 0.190 e. The van der Waals surface area contributed by atoms with Crippen LogP contribution in [-0.4, -0.2) is 40.1 Å². The Kier molecular flexibility index (Phi) is 4.30. The first-order chi connectivity index (χ1) is 8.76. The molecule has 1 atom stereocenters. The van der Waals surface area contributed by atoms with Crippen molar-refractivity contribution in [2.24, 2.45) is 10.9 Å². The molecular formula is C12H18N4OS. The molecule has 3 N–H and O–H groups in total. The molecule has 0 amide bonds. The highest BCUT2D eigenvalue weighted by Gasteiger charge is 2.22. The normalized spacial score (nSPS) is 21.1. The largest absolute Gasteiger partial charge is 0.409 e. The highest BCUT2D eigenvalue weighted by atomic mass is 32.2. The molecule has 6 heteroatoms. The van der Waals surface area contributed by atoms with Crippen LogP contribution in [0.3, 0.4) is 0 Å². The van der Waals surface area contributed by atoms with Crippen molar-refractivity contribution in [3.05, 3.63) is 24.0 Å². The van der Waals surface area contributed by atoms with Gasteiger partial charge in [0.15, 0.2) is 5.84 Å². The third-order valence-corrected chi connectivity index (χ3v) is 4.44. The van der Waals surface area contributed by atoms with Gasteiger partial charge in [-0.15, -0.1) is 0 Å². The van der Waals surface area contributed by atoms with Crippen LogP contribution < -0.4 is 10.6 Å². The van der Waals surface area contributed by atoms with Crippen molar-refractivity contribution in [3.63, 3.8) is 0 Å². The fraction of sp³-hybridized carbons (Fsp3) is 0.500. The number of hydrogen-bond donors (Lipinski definition) is 2. The van der Waals surface area contributed by atoms with Crippen LogP contribution in [0.1, 0.15) is 19.0 Å². The highest BCUT2D eigenvalue weighted by molar-refractivity contribution is 8.00. The molecule has 18 heavy (non-hydrogen) atoms. The summed E-state index contributed by atoms with van der Waals surface area (Å²) in [7, 11) is 0. The van der Waals surface area contributed by atoms with Crippen molar-refractivity contribution in [2.45, 2.75) is 18.6 Å². The summed E-state index contributed by atoms with van der Waals surface area (Å²) < 4.78 is 0. The number of anilines is 1. The number of hydrogen-bond acceptors (Lipinski definition) is 5. The van der Waals surface area contributed by atoms with E-state index in [9.17, 15) is 0 Å². The molecule has 1 unspecified atom stereocenters. The van der Waals surface area contributed by atoms with Gasteiger partial charge in [-0.3, -0.25) is 4.98 Å². The summed E-state index contributed by atoms with van der Waals surface area (Å²) in [6, 6.07) is 3.86. The number of oxime groups is 1. The van der Waals surface area contributed by atoms with Crippen LogP contribution in [0.4, 0.5) is 5.69 Å². The number of nitrogens with zero attached hydrogens (tertiary/aromatic N) is 3. The van der Waals surface area contributed by atoms with Gasteiger partial charge in [-0.05, 0) is 18.6 Å². The molecule has 0 aromatic carbocycles. The zero-order valence-electron chi connectivity index (χ0n) is 10.4. The average molecular weight is 266 g/mol. The number of nitrogens with two attached hydrogens (primary N) is 1. The summed E-state index contributed by atoms with van der Waals surface area (Å²) in [5.41, 5.74) is 7.18. The molecule has 2 rings (SSSR count). The van der Waals surface area contributed by atoms with E-state index in [2.05, 4.69) is 22.0 Å². The van der Waals surface area contributed by atoms with Gasteiger partial charge in [-0.1, -0.05) is 12.1 Å². The predicted octanol–water partition coefficient (Wildman–Crippen LogP) is 1.51. The lowest BCUT2D eigenvalue weighted by atomic mass is 10.2. The second-order valence-corrected chi connectivity index (χ2v) is 5.61. The Morgan fingerprint density at radius 3 is 3.28 bits per heavy atom. The van der Waals surface area contributed by atoms with Gasteiger partial charge in [0.05, 0.1) is 5.69 Å². The standard InChI is InChI=1S/C12H18N4OS/c1-2-9-8-16(6-7-18-9)10-4-3-5-14-11(10)12(13)15-17/h3-5,9,17H,2,6-8H2,1H3,(H2,13,15). The molecule has 1 aromatic rings. The van der Waals surface area contributed by atoms with E-state index in [1.807, 2.05) is 23.9 Å². The van der Waals surface area contributed by atoms with Crippen molar-refractivity contribution in [1.82, 2.24) is 4.98 Å². The minimum atomic E-state index is 0.0666. The van der Waals surface area contributed by atoms with Gasteiger partial charge in [-0.2, -0.15) is 11.8 Å². The van der Waals surface area contributed by atoms with Gasteiger partial charge < -0.3 is 15.8 Å². The third-order valence-electron chi connectivity index (χ3n) is 3.07. The van der Waals surface area contributed by atoms with Crippen molar-refractivity contribution >= 4 is 23.3 Å². The van der Waals surface area contributed by atoms with E-state index in [-0.39, 0.29) is 5.84 Å². The van der Waals surface area contributed by atoms with Crippen molar-refractivity contribution in [3.8, 4) is 0 Å². The number of rotatable bonds is 3. The van der Waals surface area contributed by atoms with Gasteiger partial charge in [-0.25, -0.2) is 0 Å². The predicted molar refractivity (Wildman–Crippen MR) is 75.5 cm³/mol. The van der Waals surface area contributed by atoms with Crippen molar-refractivity contribution < 1.29 is 5.21 Å². The number of thioether (sulfide) groups is 1. The number of aromatic nitrogens is 1. The van der Waals surface area contributed by atoms with Gasteiger partial charge in [0.25, 0.3) is 0 Å². The molecule has 0 aliphatic carbocycles. The molecule has 1 aliphatic heterocycles. The molecule has 1 fully saturated rings. The lowest BCUT2D eigenvalue weighted by molar-refractivity contribution is 0.318. The molecule has 1 aliphatic rings. The third kappa shape index (κ3) is 2.69. The Morgan fingerprint density at radius 2 is 2.56 bits per heavy atom. The zero-order valence-corrected chi connectivity index (χ0v) is 11.2. The number of pyridine rings is 1. The van der Waals surface area contributed by atoms with E-state index in [0.717, 1.165) is 31.0 Å². The van der Waals surface area contributed by atoms with Crippen LogP contribution in [-0.2, 0) is 0 Å². The summed E-state index contributed by atoms with van der Waals surface area (Å²) in [5.74, 6) is 1.17. The molecule has 98 valence electrons. The smallest absolute Gasteiger partial charge is 0.190 e. The molecule has 0 spiro atoms. The second kappa shape index (κ2) is 5.95. The Bertz CT molecular complexity index is 438. The minimum Gasteiger partial charge on any atom is -0.409 e. The van der Waals surface area contributed by atoms with E-state index < -0.39 is 0 Å². The Hall–Kier alpha value is -1.43. The van der Waals surface area contributed by atoms with Crippen LogP contribution in [0.5, 0.6) is 0 Å². The highest BCUT2D eigenvalue weighted by Crippen LogP contribution is 2.27. The first-order valence-corrected chi connectivity index (χ1v) is 7.10. The average Bonchev–Trinajstić information content (AvgIpc) is 2.46. The molecular weight excluding hydrogens is 248 g/mol. The SMILES string of the molecule is CCC1CN(c2cccnc2/C(N)=N/O)CCS1. The van der Waals surface area contributed by atoms with Gasteiger partial charge in [0.1, 0.15) is 5.69 Å². The molecule has 5 nitrogen and oxygen atoms in total. The lowest BCUT2D eigenvalue weighted by Gasteiger charge is -2.34. The van der Waals surface area contributed by atoms with Crippen molar-refractivity contribution in [2.75, 3.05) is 23.7 Å². The van der Waals surface area contributed by atoms with E-state index >= 15 is 0 Å². The van der Waals surface area contributed by atoms with E-state index in [1.54, 1.807) is 6.20 Å². The Balaban J connectivity index is 2.27. The molecule has 0 saturated carbocycles. The van der Waals surface area contributed by atoms with E-state index in [0.29, 0.717) is 10.9 Å². The monoisotopic (exact) mass is 266 g/mol.